The van der Waals surface area contributed by atoms with Gasteiger partial charge in [0.15, 0.2) is 11.0 Å². The van der Waals surface area contributed by atoms with Gasteiger partial charge in [-0.25, -0.2) is 9.13 Å². The number of hydrogen-bond donors (Lipinski definition) is 0. The molecule has 118 valence electrons. The van der Waals surface area contributed by atoms with Gasteiger partial charge in [-0.2, -0.15) is 0 Å². The fourth-order valence-electron chi connectivity index (χ4n) is 3.52. The molecule has 0 aliphatic rings. The highest BCUT2D eigenvalue weighted by atomic mass is 15.1. The van der Waals surface area contributed by atoms with Crippen LogP contribution in [0.4, 0.5) is 0 Å². The molecule has 2 nitrogen and oxygen atoms in total. The summed E-state index contributed by atoms with van der Waals surface area (Å²) < 4.78 is 4.57. The first kappa shape index (κ1) is 14.7. The van der Waals surface area contributed by atoms with Crippen LogP contribution >= 0.6 is 0 Å². The summed E-state index contributed by atoms with van der Waals surface area (Å²) in [7, 11) is 4.29. The fourth-order valence-corrected chi connectivity index (χ4v) is 3.52. The molecule has 3 aromatic carbocycles. The van der Waals surface area contributed by atoms with Gasteiger partial charge in [0.25, 0.3) is 5.82 Å². The summed E-state index contributed by atoms with van der Waals surface area (Å²) in [5.41, 5.74) is 7.56. The van der Waals surface area contributed by atoms with Gasteiger partial charge >= 0.3 is 0 Å². The standard InChI is InChI=1S/C22H21N2/c1-16-13-14-18(17-9-5-4-6-10-17)15-19(16)22-23(2)20-11-7-8-12-21(20)24(22)3/h4-15H,1-3H3/q+1. The van der Waals surface area contributed by atoms with Crippen molar-refractivity contribution >= 4 is 11.0 Å². The molecule has 0 bridgehead atoms. The molecule has 4 aromatic rings. The maximum atomic E-state index is 2.30. The Balaban J connectivity index is 1.98. The predicted molar refractivity (Wildman–Crippen MR) is 99.7 cm³/mol. The molecule has 0 N–H and O–H groups in total. The van der Waals surface area contributed by atoms with E-state index in [4.69, 9.17) is 0 Å². The molecule has 0 aliphatic heterocycles. The number of rotatable bonds is 2. The Hall–Kier alpha value is -2.87. The number of para-hydroxylation sites is 2. The summed E-state index contributed by atoms with van der Waals surface area (Å²) in [5, 5.41) is 0. The van der Waals surface area contributed by atoms with E-state index in [1.807, 2.05) is 0 Å². The van der Waals surface area contributed by atoms with Crippen LogP contribution in [0.25, 0.3) is 33.5 Å². The van der Waals surface area contributed by atoms with Crippen molar-refractivity contribution in [1.82, 2.24) is 4.57 Å². The lowest BCUT2D eigenvalue weighted by atomic mass is 9.99. The molecule has 0 unspecified atom stereocenters. The molecule has 0 aliphatic carbocycles. The van der Waals surface area contributed by atoms with Crippen LogP contribution in [0.3, 0.4) is 0 Å². The summed E-state index contributed by atoms with van der Waals surface area (Å²) in [6.45, 7) is 2.18. The minimum atomic E-state index is 1.23. The zero-order chi connectivity index (χ0) is 16.7. The second kappa shape index (κ2) is 5.64. The monoisotopic (exact) mass is 313 g/mol. The first-order valence-electron chi connectivity index (χ1n) is 8.26. The zero-order valence-electron chi connectivity index (χ0n) is 14.3. The Labute approximate surface area is 142 Å². The topological polar surface area (TPSA) is 8.81 Å². The second-order valence-corrected chi connectivity index (χ2v) is 6.33. The third kappa shape index (κ3) is 2.23. The average molecular weight is 313 g/mol. The number of hydrogen-bond acceptors (Lipinski definition) is 0. The number of imidazole rings is 1. The summed E-state index contributed by atoms with van der Waals surface area (Å²) in [6.07, 6.45) is 0. The first-order valence-corrected chi connectivity index (χ1v) is 8.26. The van der Waals surface area contributed by atoms with E-state index >= 15 is 0 Å². The minimum absolute atomic E-state index is 1.23. The van der Waals surface area contributed by atoms with Crippen LogP contribution in [0, 0.1) is 6.92 Å². The molecule has 0 saturated heterocycles. The van der Waals surface area contributed by atoms with Crippen molar-refractivity contribution in [1.29, 1.82) is 0 Å². The van der Waals surface area contributed by atoms with Crippen LogP contribution in [-0.4, -0.2) is 4.57 Å². The van der Waals surface area contributed by atoms with Crippen LogP contribution < -0.4 is 4.57 Å². The third-order valence-corrected chi connectivity index (χ3v) is 4.83. The van der Waals surface area contributed by atoms with Crippen LogP contribution in [0.5, 0.6) is 0 Å². The van der Waals surface area contributed by atoms with Crippen molar-refractivity contribution in [2.45, 2.75) is 6.92 Å². The van der Waals surface area contributed by atoms with E-state index in [1.165, 1.54) is 39.1 Å². The van der Waals surface area contributed by atoms with Gasteiger partial charge in [0.05, 0.1) is 19.7 Å². The van der Waals surface area contributed by atoms with Gasteiger partial charge in [0, 0.05) is 0 Å². The highest BCUT2D eigenvalue weighted by molar-refractivity contribution is 5.78. The van der Waals surface area contributed by atoms with Crippen LogP contribution in [0.2, 0.25) is 0 Å². The zero-order valence-corrected chi connectivity index (χ0v) is 14.3. The van der Waals surface area contributed by atoms with Gasteiger partial charge in [-0.05, 0) is 41.8 Å². The first-order chi connectivity index (χ1) is 11.7. The van der Waals surface area contributed by atoms with E-state index in [1.54, 1.807) is 0 Å². The number of aryl methyl sites for hydroxylation is 3. The maximum Gasteiger partial charge on any atom is 0.289 e. The number of benzene rings is 3. The Morgan fingerprint density at radius 1 is 0.792 bits per heavy atom. The summed E-state index contributed by atoms with van der Waals surface area (Å²) in [5.74, 6) is 1.23. The molecule has 2 heteroatoms. The maximum absolute atomic E-state index is 2.30. The molecular formula is C22H21N2+. The molecule has 0 amide bonds. The summed E-state index contributed by atoms with van der Waals surface area (Å²) in [4.78, 5) is 0. The van der Waals surface area contributed by atoms with Gasteiger partial charge in [0.2, 0.25) is 0 Å². The van der Waals surface area contributed by atoms with E-state index < -0.39 is 0 Å². The van der Waals surface area contributed by atoms with Crippen molar-refractivity contribution in [2.75, 3.05) is 0 Å². The van der Waals surface area contributed by atoms with E-state index in [2.05, 4.69) is 103 Å². The Bertz CT molecular complexity index is 988. The molecule has 0 radical (unpaired) electrons. The highest BCUT2D eigenvalue weighted by Crippen LogP contribution is 2.29. The van der Waals surface area contributed by atoms with Crippen molar-refractivity contribution < 1.29 is 4.57 Å². The van der Waals surface area contributed by atoms with Crippen LogP contribution in [-0.2, 0) is 14.1 Å². The largest absolute Gasteiger partial charge is 0.289 e. The lowest BCUT2D eigenvalue weighted by Crippen LogP contribution is -2.30. The van der Waals surface area contributed by atoms with Crippen LogP contribution in [0.1, 0.15) is 5.56 Å². The van der Waals surface area contributed by atoms with E-state index in [0.29, 0.717) is 0 Å². The quantitative estimate of drug-likeness (QED) is 0.477. The van der Waals surface area contributed by atoms with E-state index in [0.717, 1.165) is 0 Å². The normalized spacial score (nSPS) is 11.1. The summed E-state index contributed by atoms with van der Waals surface area (Å²) in [6, 6.07) is 25.8. The lowest BCUT2D eigenvalue weighted by molar-refractivity contribution is -0.634. The molecule has 1 heterocycles. The smallest absolute Gasteiger partial charge is 0.226 e. The molecule has 4 rings (SSSR count). The second-order valence-electron chi connectivity index (χ2n) is 6.33. The minimum Gasteiger partial charge on any atom is -0.226 e. The fraction of sp³-hybridized carbons (Fsp3) is 0.136. The Morgan fingerprint density at radius 2 is 1.50 bits per heavy atom. The number of aromatic nitrogens is 2. The Kier molecular flexibility index (Phi) is 3.46. The van der Waals surface area contributed by atoms with Crippen molar-refractivity contribution in [3.8, 4) is 22.5 Å². The van der Waals surface area contributed by atoms with E-state index in [9.17, 15) is 0 Å². The van der Waals surface area contributed by atoms with Gasteiger partial charge in [-0.3, -0.25) is 0 Å². The molecule has 24 heavy (non-hydrogen) atoms. The SMILES string of the molecule is Cc1ccc(-c2ccccc2)cc1-c1n(C)c2ccccc2[n+]1C. The van der Waals surface area contributed by atoms with Crippen LogP contribution in [0.15, 0.2) is 72.8 Å². The van der Waals surface area contributed by atoms with Gasteiger partial charge in [-0.15, -0.1) is 0 Å². The molecule has 0 fully saturated rings. The van der Waals surface area contributed by atoms with Gasteiger partial charge < -0.3 is 0 Å². The van der Waals surface area contributed by atoms with Crippen molar-refractivity contribution in [3.63, 3.8) is 0 Å². The average Bonchev–Trinajstić information content (AvgIpc) is 2.88. The molecule has 0 spiro atoms. The van der Waals surface area contributed by atoms with Crippen molar-refractivity contribution in [3.05, 3.63) is 78.4 Å². The molecule has 0 saturated carbocycles. The predicted octanol–water partition coefficient (Wildman–Crippen LogP) is 4.65. The van der Waals surface area contributed by atoms with Gasteiger partial charge in [0.1, 0.15) is 0 Å². The van der Waals surface area contributed by atoms with Crippen molar-refractivity contribution in [2.24, 2.45) is 14.1 Å². The third-order valence-electron chi connectivity index (χ3n) is 4.83. The lowest BCUT2D eigenvalue weighted by Gasteiger charge is -2.08. The Morgan fingerprint density at radius 3 is 2.25 bits per heavy atom. The summed E-state index contributed by atoms with van der Waals surface area (Å²) >= 11 is 0. The molecular weight excluding hydrogens is 292 g/mol. The number of fused-ring (bicyclic) bond motifs is 1. The number of nitrogens with zero attached hydrogens (tertiary/aromatic N) is 2. The highest BCUT2D eigenvalue weighted by Gasteiger charge is 2.23. The molecule has 0 atom stereocenters. The molecule has 1 aromatic heterocycles. The van der Waals surface area contributed by atoms with E-state index in [-0.39, 0.29) is 0 Å². The van der Waals surface area contributed by atoms with Gasteiger partial charge in [-0.1, -0.05) is 54.6 Å².